The summed E-state index contributed by atoms with van der Waals surface area (Å²) in [7, 11) is 0. The minimum absolute atomic E-state index is 0.212. The molecule has 0 saturated carbocycles. The number of aliphatic hydroxyl groups excluding tert-OH is 1. The summed E-state index contributed by atoms with van der Waals surface area (Å²) in [5.41, 5.74) is 2.83. The van der Waals surface area contributed by atoms with E-state index in [1.165, 1.54) is 11.1 Å². The summed E-state index contributed by atoms with van der Waals surface area (Å²) < 4.78 is 0. The molecule has 1 heterocycles. The lowest BCUT2D eigenvalue weighted by Crippen LogP contribution is -2.28. The molecule has 2 nitrogen and oxygen atoms in total. The summed E-state index contributed by atoms with van der Waals surface area (Å²) in [6.07, 6.45) is 0. The van der Waals surface area contributed by atoms with Crippen LogP contribution in [-0.2, 0) is 5.75 Å². The maximum Gasteiger partial charge on any atom is 0.0556 e. The fourth-order valence-electron chi connectivity index (χ4n) is 1.79. The van der Waals surface area contributed by atoms with Crippen LogP contribution in [-0.4, -0.2) is 24.0 Å². The Labute approximate surface area is 88.7 Å². The maximum atomic E-state index is 8.78. The third-order valence-electron chi connectivity index (χ3n) is 2.48. The number of benzene rings is 1. The molecule has 0 spiro atoms. The molecular formula is C11H15NOS. The highest BCUT2D eigenvalue weighted by Crippen LogP contribution is 2.31. The Hall–Kier alpha value is -0.510. The van der Waals surface area contributed by atoms with Crippen molar-refractivity contribution in [2.24, 2.45) is 0 Å². The standard InChI is InChI=1S/C11H15NOS/c13-6-5-12-11-8-14-7-9-3-1-2-4-10(9)11/h1-4,11-13H,5-8H2. The van der Waals surface area contributed by atoms with Gasteiger partial charge in [-0.15, -0.1) is 0 Å². The normalized spacial score (nSPS) is 20.5. The molecule has 1 unspecified atom stereocenters. The van der Waals surface area contributed by atoms with Gasteiger partial charge in [0.05, 0.1) is 6.61 Å². The SMILES string of the molecule is OCCNC1CSCc2ccccc21. The molecule has 0 radical (unpaired) electrons. The summed E-state index contributed by atoms with van der Waals surface area (Å²) in [4.78, 5) is 0. The molecule has 0 fully saturated rings. The largest absolute Gasteiger partial charge is 0.395 e. The maximum absolute atomic E-state index is 8.78. The van der Waals surface area contributed by atoms with Crippen LogP contribution in [0.15, 0.2) is 24.3 Å². The molecule has 0 aliphatic carbocycles. The van der Waals surface area contributed by atoms with Crippen LogP contribution in [0.1, 0.15) is 17.2 Å². The number of hydrogen-bond donors (Lipinski definition) is 2. The van der Waals surface area contributed by atoms with Gasteiger partial charge in [-0.25, -0.2) is 0 Å². The smallest absolute Gasteiger partial charge is 0.0556 e. The minimum atomic E-state index is 0.212. The molecule has 2 rings (SSSR count). The van der Waals surface area contributed by atoms with Crippen LogP contribution in [0.4, 0.5) is 0 Å². The molecule has 0 saturated heterocycles. The Balaban J connectivity index is 2.14. The van der Waals surface area contributed by atoms with Crippen molar-refractivity contribution in [3.05, 3.63) is 35.4 Å². The van der Waals surface area contributed by atoms with E-state index >= 15 is 0 Å². The molecule has 14 heavy (non-hydrogen) atoms. The fraction of sp³-hybridized carbons (Fsp3) is 0.455. The fourth-order valence-corrected chi connectivity index (χ4v) is 2.92. The van der Waals surface area contributed by atoms with E-state index in [0.29, 0.717) is 12.6 Å². The van der Waals surface area contributed by atoms with Crippen molar-refractivity contribution >= 4 is 11.8 Å². The van der Waals surface area contributed by atoms with E-state index in [-0.39, 0.29) is 6.61 Å². The predicted molar refractivity (Wildman–Crippen MR) is 60.4 cm³/mol. The quantitative estimate of drug-likeness (QED) is 0.792. The van der Waals surface area contributed by atoms with Crippen LogP contribution in [0, 0.1) is 0 Å². The summed E-state index contributed by atoms with van der Waals surface area (Å²) in [5.74, 6) is 2.23. The molecule has 2 N–H and O–H groups in total. The summed E-state index contributed by atoms with van der Waals surface area (Å²) in [6.45, 7) is 0.892. The van der Waals surface area contributed by atoms with Gasteiger partial charge < -0.3 is 10.4 Å². The average molecular weight is 209 g/mol. The van der Waals surface area contributed by atoms with E-state index in [1.54, 1.807) is 0 Å². The Bertz CT molecular complexity index is 303. The highest BCUT2D eigenvalue weighted by atomic mass is 32.2. The van der Waals surface area contributed by atoms with Gasteiger partial charge in [-0.3, -0.25) is 0 Å². The van der Waals surface area contributed by atoms with E-state index in [9.17, 15) is 0 Å². The predicted octanol–water partition coefficient (Wildman–Crippen LogP) is 1.56. The molecule has 1 aromatic rings. The van der Waals surface area contributed by atoms with Gasteiger partial charge in [-0.05, 0) is 11.1 Å². The lowest BCUT2D eigenvalue weighted by molar-refractivity contribution is 0.286. The zero-order chi connectivity index (χ0) is 9.80. The van der Waals surface area contributed by atoms with Crippen LogP contribution in [0.2, 0.25) is 0 Å². The second kappa shape index (κ2) is 4.82. The first kappa shape index (κ1) is 10.0. The molecule has 3 heteroatoms. The monoisotopic (exact) mass is 209 g/mol. The van der Waals surface area contributed by atoms with Crippen molar-refractivity contribution in [3.63, 3.8) is 0 Å². The van der Waals surface area contributed by atoms with Crippen LogP contribution in [0.3, 0.4) is 0 Å². The first-order valence-corrected chi connectivity index (χ1v) is 6.07. The van der Waals surface area contributed by atoms with E-state index < -0.39 is 0 Å². The molecule has 0 aromatic heterocycles. The van der Waals surface area contributed by atoms with Crippen molar-refractivity contribution in [2.45, 2.75) is 11.8 Å². The van der Waals surface area contributed by atoms with E-state index in [1.807, 2.05) is 11.8 Å². The highest BCUT2D eigenvalue weighted by Gasteiger charge is 2.18. The zero-order valence-corrected chi connectivity index (χ0v) is 8.89. The van der Waals surface area contributed by atoms with E-state index in [0.717, 1.165) is 11.5 Å². The lowest BCUT2D eigenvalue weighted by atomic mass is 10.0. The summed E-state index contributed by atoms with van der Waals surface area (Å²) in [6, 6.07) is 8.97. The van der Waals surface area contributed by atoms with Gasteiger partial charge in [0.15, 0.2) is 0 Å². The number of aliphatic hydroxyl groups is 1. The van der Waals surface area contributed by atoms with Crippen LogP contribution in [0.25, 0.3) is 0 Å². The molecule has 76 valence electrons. The zero-order valence-electron chi connectivity index (χ0n) is 8.07. The Morgan fingerprint density at radius 1 is 1.43 bits per heavy atom. The van der Waals surface area contributed by atoms with Gasteiger partial charge in [0, 0.05) is 24.1 Å². The summed E-state index contributed by atoms with van der Waals surface area (Å²) in [5, 5.41) is 12.1. The third kappa shape index (κ3) is 2.11. The van der Waals surface area contributed by atoms with Crippen LogP contribution < -0.4 is 5.32 Å². The number of thioether (sulfide) groups is 1. The van der Waals surface area contributed by atoms with Crippen molar-refractivity contribution in [3.8, 4) is 0 Å². The average Bonchev–Trinajstić information content (AvgIpc) is 2.26. The van der Waals surface area contributed by atoms with Gasteiger partial charge in [0.2, 0.25) is 0 Å². The number of nitrogens with one attached hydrogen (secondary N) is 1. The number of hydrogen-bond acceptors (Lipinski definition) is 3. The second-order valence-corrected chi connectivity index (χ2v) is 4.47. The van der Waals surface area contributed by atoms with E-state index in [4.69, 9.17) is 5.11 Å². The van der Waals surface area contributed by atoms with Crippen LogP contribution >= 0.6 is 11.8 Å². The molecule has 0 amide bonds. The molecule has 1 atom stereocenters. The Morgan fingerprint density at radius 3 is 3.14 bits per heavy atom. The topological polar surface area (TPSA) is 32.3 Å². The Morgan fingerprint density at radius 2 is 2.29 bits per heavy atom. The van der Waals surface area contributed by atoms with E-state index in [2.05, 4.69) is 29.6 Å². The lowest BCUT2D eigenvalue weighted by Gasteiger charge is -2.25. The minimum Gasteiger partial charge on any atom is -0.395 e. The van der Waals surface area contributed by atoms with Crippen molar-refractivity contribution in [1.82, 2.24) is 5.32 Å². The molecule has 0 bridgehead atoms. The van der Waals surface area contributed by atoms with Gasteiger partial charge >= 0.3 is 0 Å². The van der Waals surface area contributed by atoms with Gasteiger partial charge in [0.1, 0.15) is 0 Å². The number of rotatable bonds is 3. The molecular weight excluding hydrogens is 194 g/mol. The summed E-state index contributed by atoms with van der Waals surface area (Å²) >= 11 is 1.95. The van der Waals surface area contributed by atoms with Crippen molar-refractivity contribution < 1.29 is 5.11 Å². The van der Waals surface area contributed by atoms with Gasteiger partial charge in [0.25, 0.3) is 0 Å². The van der Waals surface area contributed by atoms with Crippen molar-refractivity contribution in [2.75, 3.05) is 18.9 Å². The van der Waals surface area contributed by atoms with Crippen molar-refractivity contribution in [1.29, 1.82) is 0 Å². The highest BCUT2D eigenvalue weighted by molar-refractivity contribution is 7.98. The molecule has 1 aromatic carbocycles. The first-order valence-electron chi connectivity index (χ1n) is 4.91. The van der Waals surface area contributed by atoms with Crippen LogP contribution in [0.5, 0.6) is 0 Å². The third-order valence-corrected chi connectivity index (χ3v) is 3.56. The Kier molecular flexibility index (Phi) is 3.45. The number of fused-ring (bicyclic) bond motifs is 1. The first-order chi connectivity index (χ1) is 6.92. The second-order valence-electron chi connectivity index (χ2n) is 3.44. The van der Waals surface area contributed by atoms with Gasteiger partial charge in [-0.1, -0.05) is 24.3 Å². The van der Waals surface area contributed by atoms with Gasteiger partial charge in [-0.2, -0.15) is 11.8 Å². The molecule has 1 aliphatic rings. The molecule has 1 aliphatic heterocycles.